The van der Waals surface area contributed by atoms with E-state index in [1.165, 1.54) is 0 Å². The maximum absolute atomic E-state index is 9.89. The van der Waals surface area contributed by atoms with Gasteiger partial charge in [0.25, 0.3) is 0 Å². The zero-order valence-electron chi connectivity index (χ0n) is 14.5. The van der Waals surface area contributed by atoms with Crippen LogP contribution in [0.3, 0.4) is 0 Å². The molecule has 0 radical (unpaired) electrons. The predicted molar refractivity (Wildman–Crippen MR) is 90.9 cm³/mol. The van der Waals surface area contributed by atoms with E-state index in [1.807, 2.05) is 24.3 Å². The van der Waals surface area contributed by atoms with E-state index in [0.717, 1.165) is 11.1 Å². The lowest BCUT2D eigenvalue weighted by Gasteiger charge is -2.14. The molecule has 4 N–H and O–H groups in total. The lowest BCUT2D eigenvalue weighted by molar-refractivity contribution is -0.00196. The fourth-order valence-corrected chi connectivity index (χ4v) is 2.22. The van der Waals surface area contributed by atoms with E-state index in [2.05, 4.69) is 0 Å². The van der Waals surface area contributed by atoms with Gasteiger partial charge in [0.1, 0.15) is 0 Å². The van der Waals surface area contributed by atoms with Crippen LogP contribution in [0.1, 0.15) is 25.0 Å². The Kier molecular flexibility index (Phi) is 10.1. The number of ether oxygens (including phenoxy) is 2. The van der Waals surface area contributed by atoms with Crippen molar-refractivity contribution in [1.82, 2.24) is 0 Å². The fourth-order valence-electron chi connectivity index (χ4n) is 2.22. The number of rotatable bonds is 12. The molecule has 0 amide bonds. The van der Waals surface area contributed by atoms with Crippen LogP contribution in [0, 0.1) is 0 Å². The van der Waals surface area contributed by atoms with Gasteiger partial charge in [-0.2, -0.15) is 0 Å². The summed E-state index contributed by atoms with van der Waals surface area (Å²) in [5, 5.41) is 38.0. The topological polar surface area (TPSA) is 99.4 Å². The minimum Gasteiger partial charge on any atom is -0.391 e. The summed E-state index contributed by atoms with van der Waals surface area (Å²) in [7, 11) is 0. The Balaban J connectivity index is 2.31. The molecule has 24 heavy (non-hydrogen) atoms. The van der Waals surface area contributed by atoms with E-state index in [4.69, 9.17) is 19.7 Å². The van der Waals surface area contributed by atoms with Gasteiger partial charge in [-0.1, -0.05) is 24.3 Å². The standard InChI is InChI=1S/C18H30O6/c1-13(19)9-23-11-17(21)7-15-3-5-16(6-4-15)8-18(22)12-24-10-14(2)20/h3-6,13-14,17-22H,7-12H2,1-2H3. The summed E-state index contributed by atoms with van der Waals surface area (Å²) in [5.41, 5.74) is 1.96. The van der Waals surface area contributed by atoms with Crippen LogP contribution < -0.4 is 0 Å². The van der Waals surface area contributed by atoms with Gasteiger partial charge in [0, 0.05) is 12.8 Å². The molecule has 0 saturated heterocycles. The zero-order valence-corrected chi connectivity index (χ0v) is 14.5. The summed E-state index contributed by atoms with van der Waals surface area (Å²) in [6.07, 6.45) is -1.36. The zero-order chi connectivity index (χ0) is 17.9. The summed E-state index contributed by atoms with van der Waals surface area (Å²) in [6, 6.07) is 7.65. The smallest absolute Gasteiger partial charge is 0.0813 e. The van der Waals surface area contributed by atoms with Crippen molar-refractivity contribution in [2.45, 2.75) is 51.1 Å². The van der Waals surface area contributed by atoms with Crippen molar-refractivity contribution < 1.29 is 29.9 Å². The maximum Gasteiger partial charge on any atom is 0.0813 e. The molecule has 138 valence electrons. The molecule has 1 rings (SSSR count). The molecule has 0 saturated carbocycles. The number of hydrogen-bond acceptors (Lipinski definition) is 6. The average molecular weight is 342 g/mol. The summed E-state index contributed by atoms with van der Waals surface area (Å²) < 4.78 is 10.4. The van der Waals surface area contributed by atoms with Gasteiger partial charge in [-0.15, -0.1) is 0 Å². The van der Waals surface area contributed by atoms with Crippen molar-refractivity contribution in [2.75, 3.05) is 26.4 Å². The van der Waals surface area contributed by atoms with Crippen molar-refractivity contribution in [3.8, 4) is 0 Å². The van der Waals surface area contributed by atoms with Gasteiger partial charge in [0.2, 0.25) is 0 Å². The van der Waals surface area contributed by atoms with Gasteiger partial charge in [-0.3, -0.25) is 0 Å². The number of aliphatic hydroxyl groups excluding tert-OH is 4. The average Bonchev–Trinajstić information content (AvgIpc) is 2.48. The van der Waals surface area contributed by atoms with Gasteiger partial charge in [0.05, 0.1) is 50.8 Å². The lowest BCUT2D eigenvalue weighted by Crippen LogP contribution is -2.22. The first-order valence-electron chi connectivity index (χ1n) is 8.32. The summed E-state index contributed by atoms with van der Waals surface area (Å²) in [4.78, 5) is 0. The Hall–Kier alpha value is -1.02. The molecule has 1 aromatic carbocycles. The van der Waals surface area contributed by atoms with Crippen molar-refractivity contribution >= 4 is 0 Å². The van der Waals surface area contributed by atoms with E-state index in [0.29, 0.717) is 12.8 Å². The molecule has 0 aliphatic carbocycles. The molecule has 0 fully saturated rings. The van der Waals surface area contributed by atoms with E-state index < -0.39 is 24.4 Å². The molecule has 6 heteroatoms. The Morgan fingerprint density at radius 1 is 0.667 bits per heavy atom. The molecule has 4 atom stereocenters. The van der Waals surface area contributed by atoms with E-state index >= 15 is 0 Å². The summed E-state index contributed by atoms with van der Waals surface area (Å²) >= 11 is 0. The first-order valence-corrected chi connectivity index (χ1v) is 8.32. The van der Waals surface area contributed by atoms with Crippen LogP contribution in [-0.2, 0) is 22.3 Å². The first-order chi connectivity index (χ1) is 11.4. The van der Waals surface area contributed by atoms with Crippen LogP contribution in [0.4, 0.5) is 0 Å². The van der Waals surface area contributed by atoms with Crippen molar-refractivity contribution in [3.63, 3.8) is 0 Å². The molecule has 4 unspecified atom stereocenters. The second-order valence-corrected chi connectivity index (χ2v) is 6.31. The molecular weight excluding hydrogens is 312 g/mol. The van der Waals surface area contributed by atoms with E-state index in [-0.39, 0.29) is 26.4 Å². The van der Waals surface area contributed by atoms with Gasteiger partial charge in [0.15, 0.2) is 0 Å². The third kappa shape index (κ3) is 9.97. The van der Waals surface area contributed by atoms with Crippen molar-refractivity contribution in [3.05, 3.63) is 35.4 Å². The van der Waals surface area contributed by atoms with Gasteiger partial charge in [-0.05, 0) is 25.0 Å². The van der Waals surface area contributed by atoms with Crippen molar-refractivity contribution in [1.29, 1.82) is 0 Å². The van der Waals surface area contributed by atoms with Crippen LogP contribution in [0.5, 0.6) is 0 Å². The molecular formula is C18H30O6. The van der Waals surface area contributed by atoms with Crippen LogP contribution >= 0.6 is 0 Å². The Bertz CT molecular complexity index is 391. The van der Waals surface area contributed by atoms with Crippen LogP contribution in [-0.4, -0.2) is 71.3 Å². The highest BCUT2D eigenvalue weighted by Gasteiger charge is 2.09. The summed E-state index contributed by atoms with van der Waals surface area (Å²) in [5.74, 6) is 0. The fraction of sp³-hybridized carbons (Fsp3) is 0.667. The third-order valence-corrected chi connectivity index (χ3v) is 3.30. The van der Waals surface area contributed by atoms with Gasteiger partial charge in [-0.25, -0.2) is 0 Å². The van der Waals surface area contributed by atoms with Crippen LogP contribution in [0.25, 0.3) is 0 Å². The quantitative estimate of drug-likeness (QED) is 0.436. The van der Waals surface area contributed by atoms with E-state index in [1.54, 1.807) is 13.8 Å². The minimum atomic E-state index is -0.617. The number of aliphatic hydroxyl groups is 4. The number of hydrogen-bond donors (Lipinski definition) is 4. The molecule has 0 aromatic heterocycles. The Morgan fingerprint density at radius 3 is 1.29 bits per heavy atom. The second kappa shape index (κ2) is 11.5. The molecule has 0 spiro atoms. The van der Waals surface area contributed by atoms with Gasteiger partial charge >= 0.3 is 0 Å². The molecule has 0 heterocycles. The maximum atomic E-state index is 9.89. The largest absolute Gasteiger partial charge is 0.391 e. The molecule has 1 aromatic rings. The van der Waals surface area contributed by atoms with Crippen LogP contribution in [0.2, 0.25) is 0 Å². The van der Waals surface area contributed by atoms with Crippen LogP contribution in [0.15, 0.2) is 24.3 Å². The second-order valence-electron chi connectivity index (χ2n) is 6.31. The molecule has 6 nitrogen and oxygen atoms in total. The predicted octanol–water partition coefficient (Wildman–Crippen LogP) is 0.288. The first kappa shape index (κ1) is 21.0. The number of benzene rings is 1. The molecule has 0 bridgehead atoms. The monoisotopic (exact) mass is 342 g/mol. The van der Waals surface area contributed by atoms with E-state index in [9.17, 15) is 10.2 Å². The molecule has 0 aliphatic rings. The third-order valence-electron chi connectivity index (χ3n) is 3.30. The Morgan fingerprint density at radius 2 is 1.00 bits per heavy atom. The molecule has 0 aliphatic heterocycles. The highest BCUT2D eigenvalue weighted by atomic mass is 16.5. The highest BCUT2D eigenvalue weighted by Crippen LogP contribution is 2.10. The lowest BCUT2D eigenvalue weighted by atomic mass is 10.0. The van der Waals surface area contributed by atoms with Crippen molar-refractivity contribution in [2.24, 2.45) is 0 Å². The Labute approximate surface area is 143 Å². The minimum absolute atomic E-state index is 0.186. The van der Waals surface area contributed by atoms with Gasteiger partial charge < -0.3 is 29.9 Å². The normalized spacial score (nSPS) is 16.6. The SMILES string of the molecule is CC(O)COCC(O)Cc1ccc(CC(O)COCC(C)O)cc1. The highest BCUT2D eigenvalue weighted by molar-refractivity contribution is 5.23. The summed E-state index contributed by atoms with van der Waals surface area (Å²) in [6.45, 7) is 4.07.